The van der Waals surface area contributed by atoms with Gasteiger partial charge in [-0.2, -0.15) is 0 Å². The van der Waals surface area contributed by atoms with Crippen molar-refractivity contribution in [3.05, 3.63) is 28.8 Å². The Bertz CT molecular complexity index is 674. The summed E-state index contributed by atoms with van der Waals surface area (Å²) in [5.41, 5.74) is -0.132. The standard InChI is InChI=1S/C14H19ClN2O5S/c1-10(9-17-4-6-22-7-5-17)16-23(20,21)11-2-3-12(14(18)19)13(15)8-11/h2-3,8,10,16H,4-7,9H2,1H3,(H,18,19). The molecule has 2 N–H and O–H groups in total. The number of carboxylic acid groups (broad SMARTS) is 1. The van der Waals surface area contributed by atoms with Crippen LogP contribution in [0.15, 0.2) is 23.1 Å². The molecule has 1 aromatic rings. The molecule has 2 rings (SSSR count). The van der Waals surface area contributed by atoms with E-state index < -0.39 is 16.0 Å². The van der Waals surface area contributed by atoms with Crippen molar-refractivity contribution in [2.75, 3.05) is 32.8 Å². The highest BCUT2D eigenvalue weighted by Crippen LogP contribution is 2.21. The minimum absolute atomic E-state index is 0.0543. The maximum absolute atomic E-state index is 12.4. The van der Waals surface area contributed by atoms with Crippen molar-refractivity contribution in [1.82, 2.24) is 9.62 Å². The van der Waals surface area contributed by atoms with E-state index >= 15 is 0 Å². The number of aromatic carboxylic acids is 1. The largest absolute Gasteiger partial charge is 0.478 e. The van der Waals surface area contributed by atoms with E-state index in [4.69, 9.17) is 21.4 Å². The van der Waals surface area contributed by atoms with Gasteiger partial charge in [-0.15, -0.1) is 0 Å². The quantitative estimate of drug-likeness (QED) is 0.785. The second-order valence-electron chi connectivity index (χ2n) is 5.38. The van der Waals surface area contributed by atoms with Gasteiger partial charge in [0.1, 0.15) is 0 Å². The van der Waals surface area contributed by atoms with Crippen molar-refractivity contribution in [2.45, 2.75) is 17.9 Å². The van der Waals surface area contributed by atoms with Crippen LogP contribution in [0.1, 0.15) is 17.3 Å². The van der Waals surface area contributed by atoms with E-state index in [0.29, 0.717) is 19.8 Å². The van der Waals surface area contributed by atoms with Gasteiger partial charge in [0.05, 0.1) is 28.7 Å². The van der Waals surface area contributed by atoms with Crippen LogP contribution in [0.2, 0.25) is 5.02 Å². The highest BCUT2D eigenvalue weighted by atomic mass is 35.5. The van der Waals surface area contributed by atoms with Crippen LogP contribution in [0.5, 0.6) is 0 Å². The number of rotatable bonds is 6. The fourth-order valence-corrected chi connectivity index (χ4v) is 3.96. The Morgan fingerprint density at radius 2 is 2.09 bits per heavy atom. The molecule has 0 bridgehead atoms. The fraction of sp³-hybridized carbons (Fsp3) is 0.500. The first-order valence-corrected chi connectivity index (χ1v) is 9.01. The average molecular weight is 363 g/mol. The summed E-state index contributed by atoms with van der Waals surface area (Å²) in [5.74, 6) is -1.20. The first-order chi connectivity index (χ1) is 10.8. The molecule has 7 nitrogen and oxygen atoms in total. The lowest BCUT2D eigenvalue weighted by Gasteiger charge is -2.29. The van der Waals surface area contributed by atoms with E-state index in [1.807, 2.05) is 0 Å². The minimum Gasteiger partial charge on any atom is -0.478 e. The zero-order chi connectivity index (χ0) is 17.0. The molecule has 0 aliphatic carbocycles. The van der Waals surface area contributed by atoms with Gasteiger partial charge >= 0.3 is 5.97 Å². The Morgan fingerprint density at radius 1 is 1.43 bits per heavy atom. The van der Waals surface area contributed by atoms with Gasteiger partial charge in [0.2, 0.25) is 10.0 Å². The summed E-state index contributed by atoms with van der Waals surface area (Å²) in [7, 11) is -3.76. The van der Waals surface area contributed by atoms with Gasteiger partial charge in [-0.1, -0.05) is 11.6 Å². The van der Waals surface area contributed by atoms with Crippen LogP contribution in [0.3, 0.4) is 0 Å². The van der Waals surface area contributed by atoms with Crippen molar-refractivity contribution in [2.24, 2.45) is 0 Å². The zero-order valence-electron chi connectivity index (χ0n) is 12.7. The van der Waals surface area contributed by atoms with Crippen molar-refractivity contribution in [3.63, 3.8) is 0 Å². The van der Waals surface area contributed by atoms with E-state index in [0.717, 1.165) is 19.2 Å². The van der Waals surface area contributed by atoms with Gasteiger partial charge in [-0.25, -0.2) is 17.9 Å². The smallest absolute Gasteiger partial charge is 0.337 e. The zero-order valence-corrected chi connectivity index (χ0v) is 14.2. The number of carbonyl (C=O) groups is 1. The molecule has 1 unspecified atom stereocenters. The predicted octanol–water partition coefficient (Wildman–Crippen LogP) is 1.04. The van der Waals surface area contributed by atoms with Crippen LogP contribution in [0, 0.1) is 0 Å². The number of morpholine rings is 1. The normalized spacial score (nSPS) is 17.8. The number of benzene rings is 1. The Hall–Kier alpha value is -1.19. The molecule has 1 fully saturated rings. The first-order valence-electron chi connectivity index (χ1n) is 7.15. The van der Waals surface area contributed by atoms with Gasteiger partial charge in [0.25, 0.3) is 0 Å². The first kappa shape index (κ1) is 18.2. The van der Waals surface area contributed by atoms with E-state index in [1.54, 1.807) is 6.92 Å². The predicted molar refractivity (Wildman–Crippen MR) is 85.5 cm³/mol. The molecule has 0 saturated carbocycles. The molecule has 1 atom stereocenters. The Labute approximate surface area is 140 Å². The molecule has 9 heteroatoms. The van der Waals surface area contributed by atoms with Gasteiger partial charge in [0.15, 0.2) is 0 Å². The van der Waals surface area contributed by atoms with Crippen LogP contribution >= 0.6 is 11.6 Å². The highest BCUT2D eigenvalue weighted by Gasteiger charge is 2.22. The molecular formula is C14H19ClN2O5S. The van der Waals surface area contributed by atoms with Crippen LogP contribution in [0.4, 0.5) is 0 Å². The lowest BCUT2D eigenvalue weighted by atomic mass is 10.2. The summed E-state index contributed by atoms with van der Waals surface area (Å²) in [4.78, 5) is 13.0. The topological polar surface area (TPSA) is 95.9 Å². The number of carboxylic acids is 1. The van der Waals surface area contributed by atoms with E-state index in [9.17, 15) is 13.2 Å². The molecule has 1 aliphatic rings. The molecule has 128 valence electrons. The summed E-state index contributed by atoms with van der Waals surface area (Å²) < 4.78 is 32.5. The van der Waals surface area contributed by atoms with Crippen molar-refractivity contribution in [1.29, 1.82) is 0 Å². The fourth-order valence-electron chi connectivity index (χ4n) is 2.38. The maximum Gasteiger partial charge on any atom is 0.337 e. The molecule has 1 saturated heterocycles. The summed E-state index contributed by atoms with van der Waals surface area (Å²) >= 11 is 5.83. The van der Waals surface area contributed by atoms with E-state index in [2.05, 4.69) is 9.62 Å². The Kier molecular flexibility index (Phi) is 5.99. The molecule has 1 aromatic carbocycles. The van der Waals surface area contributed by atoms with Gasteiger partial charge in [-0.05, 0) is 25.1 Å². The second kappa shape index (κ2) is 7.59. The summed E-state index contributed by atoms with van der Waals surface area (Å²) in [6.45, 7) is 5.18. The lowest BCUT2D eigenvalue weighted by molar-refractivity contribution is 0.0354. The lowest BCUT2D eigenvalue weighted by Crippen LogP contribution is -2.45. The van der Waals surface area contributed by atoms with Crippen LogP contribution in [-0.4, -0.2) is 63.3 Å². The van der Waals surface area contributed by atoms with Gasteiger partial charge < -0.3 is 9.84 Å². The number of ether oxygens (including phenoxy) is 1. The minimum atomic E-state index is -3.76. The molecule has 0 aromatic heterocycles. The highest BCUT2D eigenvalue weighted by molar-refractivity contribution is 7.89. The molecule has 23 heavy (non-hydrogen) atoms. The molecular weight excluding hydrogens is 344 g/mol. The van der Waals surface area contributed by atoms with Crippen LogP contribution in [-0.2, 0) is 14.8 Å². The monoisotopic (exact) mass is 362 g/mol. The number of sulfonamides is 1. The summed E-state index contributed by atoms with van der Waals surface area (Å²) in [5, 5.41) is 8.81. The Balaban J connectivity index is 2.05. The van der Waals surface area contributed by atoms with Crippen molar-refractivity contribution < 1.29 is 23.1 Å². The molecule has 1 aliphatic heterocycles. The Morgan fingerprint density at radius 3 is 2.65 bits per heavy atom. The molecule has 1 heterocycles. The molecule has 0 radical (unpaired) electrons. The van der Waals surface area contributed by atoms with Crippen molar-refractivity contribution >= 4 is 27.6 Å². The molecule has 0 spiro atoms. The SMILES string of the molecule is CC(CN1CCOCC1)NS(=O)(=O)c1ccc(C(=O)O)c(Cl)c1. The number of halogens is 1. The van der Waals surface area contributed by atoms with Gasteiger partial charge in [0, 0.05) is 25.7 Å². The number of hydrogen-bond donors (Lipinski definition) is 2. The molecule has 0 amide bonds. The number of nitrogens with one attached hydrogen (secondary N) is 1. The third kappa shape index (κ3) is 4.89. The van der Waals surface area contributed by atoms with E-state index in [1.165, 1.54) is 12.1 Å². The third-order valence-corrected chi connectivity index (χ3v) is 5.37. The number of hydrogen-bond acceptors (Lipinski definition) is 5. The third-order valence-electron chi connectivity index (χ3n) is 3.47. The van der Waals surface area contributed by atoms with E-state index in [-0.39, 0.29) is 21.5 Å². The van der Waals surface area contributed by atoms with Crippen LogP contribution in [0.25, 0.3) is 0 Å². The second-order valence-corrected chi connectivity index (χ2v) is 7.50. The number of nitrogens with zero attached hydrogens (tertiary/aromatic N) is 1. The van der Waals surface area contributed by atoms with Crippen molar-refractivity contribution in [3.8, 4) is 0 Å². The summed E-state index contributed by atoms with van der Waals surface area (Å²) in [6, 6.07) is 3.27. The average Bonchev–Trinajstić information content (AvgIpc) is 2.47. The van der Waals surface area contributed by atoms with Gasteiger partial charge in [-0.3, -0.25) is 4.90 Å². The van der Waals surface area contributed by atoms with Crippen LogP contribution < -0.4 is 4.72 Å². The maximum atomic E-state index is 12.4. The summed E-state index contributed by atoms with van der Waals surface area (Å²) in [6.07, 6.45) is 0.